The molecule has 0 bridgehead atoms. The van der Waals surface area contributed by atoms with Gasteiger partial charge in [-0.3, -0.25) is 9.36 Å². The second-order valence-corrected chi connectivity index (χ2v) is 6.55. The zero-order valence-corrected chi connectivity index (χ0v) is 12.5. The van der Waals surface area contributed by atoms with Gasteiger partial charge in [0.25, 0.3) is 0 Å². The predicted octanol–water partition coefficient (Wildman–Crippen LogP) is 1.70. The van der Waals surface area contributed by atoms with Crippen LogP contribution >= 0.6 is 7.60 Å². The van der Waals surface area contributed by atoms with Crippen LogP contribution < -0.4 is 10.4 Å². The Morgan fingerprint density at radius 2 is 2.00 bits per heavy atom. The number of hydrogen-bond acceptors (Lipinski definition) is 5. The monoisotopic (exact) mass is 326 g/mol. The molecular formula is C14H15O7P. The number of benzene rings is 1. The highest BCUT2D eigenvalue weighted by Crippen LogP contribution is 2.35. The molecule has 0 unspecified atom stereocenters. The van der Waals surface area contributed by atoms with Crippen molar-refractivity contribution in [1.29, 1.82) is 0 Å². The third kappa shape index (κ3) is 5.11. The van der Waals surface area contributed by atoms with E-state index in [0.29, 0.717) is 16.7 Å². The van der Waals surface area contributed by atoms with Gasteiger partial charge in [0.1, 0.15) is 17.9 Å². The second kappa shape index (κ2) is 6.87. The first-order valence-electron chi connectivity index (χ1n) is 6.56. The van der Waals surface area contributed by atoms with Crippen LogP contribution in [0.1, 0.15) is 12.8 Å². The molecule has 118 valence electrons. The number of fused-ring (bicyclic) bond motifs is 1. The molecule has 0 atom stereocenters. The fourth-order valence-electron chi connectivity index (χ4n) is 1.86. The third-order valence-electron chi connectivity index (χ3n) is 2.90. The van der Waals surface area contributed by atoms with Crippen LogP contribution in [-0.2, 0) is 9.36 Å². The molecule has 2 rings (SSSR count). The van der Waals surface area contributed by atoms with Gasteiger partial charge in [-0.15, -0.1) is 0 Å². The number of carbonyl (C=O) groups excluding carboxylic acids is 1. The lowest BCUT2D eigenvalue weighted by atomic mass is 10.2. The molecule has 2 aromatic rings. The summed E-state index contributed by atoms with van der Waals surface area (Å²) in [6.45, 7) is -0.177. The van der Waals surface area contributed by atoms with Crippen molar-refractivity contribution >= 4 is 24.3 Å². The highest BCUT2D eigenvalue weighted by Gasteiger charge is 2.13. The molecule has 8 heteroatoms. The van der Waals surface area contributed by atoms with Crippen molar-refractivity contribution in [3.05, 3.63) is 40.8 Å². The van der Waals surface area contributed by atoms with Gasteiger partial charge in [-0.05, 0) is 30.7 Å². The van der Waals surface area contributed by atoms with Crippen LogP contribution in [0.5, 0.6) is 5.75 Å². The van der Waals surface area contributed by atoms with Crippen LogP contribution in [-0.4, -0.2) is 28.3 Å². The number of ether oxygens (including phenoxy) is 1. The summed E-state index contributed by atoms with van der Waals surface area (Å²) in [7, 11) is -4.06. The molecule has 22 heavy (non-hydrogen) atoms. The molecule has 1 aromatic heterocycles. The van der Waals surface area contributed by atoms with E-state index >= 15 is 0 Å². The van der Waals surface area contributed by atoms with E-state index < -0.39 is 13.2 Å². The van der Waals surface area contributed by atoms with Gasteiger partial charge in [0, 0.05) is 17.9 Å². The Morgan fingerprint density at radius 3 is 2.73 bits per heavy atom. The topological polar surface area (TPSA) is 114 Å². The van der Waals surface area contributed by atoms with E-state index in [4.69, 9.17) is 18.9 Å². The van der Waals surface area contributed by atoms with Crippen molar-refractivity contribution in [2.24, 2.45) is 0 Å². The maximum absolute atomic E-state index is 11.6. The van der Waals surface area contributed by atoms with Gasteiger partial charge in [-0.25, -0.2) is 4.79 Å². The number of rotatable bonds is 7. The summed E-state index contributed by atoms with van der Waals surface area (Å²) in [6, 6.07) is 7.68. The number of carbonyl (C=O) groups is 1. The smallest absolute Gasteiger partial charge is 0.336 e. The highest BCUT2D eigenvalue weighted by atomic mass is 31.2. The molecule has 0 saturated carbocycles. The Bertz CT molecular complexity index is 774. The van der Waals surface area contributed by atoms with Crippen molar-refractivity contribution in [2.75, 3.05) is 12.8 Å². The first-order valence-corrected chi connectivity index (χ1v) is 8.36. The van der Waals surface area contributed by atoms with Crippen molar-refractivity contribution in [2.45, 2.75) is 12.8 Å². The molecule has 1 aromatic carbocycles. The Morgan fingerprint density at radius 1 is 1.23 bits per heavy atom. The zero-order valence-electron chi connectivity index (χ0n) is 11.6. The summed E-state index contributed by atoms with van der Waals surface area (Å²) in [6.07, 6.45) is -0.142. The Balaban J connectivity index is 1.89. The zero-order chi connectivity index (χ0) is 16.2. The van der Waals surface area contributed by atoms with Gasteiger partial charge in [0.15, 0.2) is 5.78 Å². The van der Waals surface area contributed by atoms with E-state index in [1.54, 1.807) is 24.3 Å². The molecule has 0 aliphatic carbocycles. The number of Topliss-reactive ketones (excluding diaryl/α,β-unsaturated/α-hetero) is 1. The predicted molar refractivity (Wildman–Crippen MR) is 79.1 cm³/mol. The summed E-state index contributed by atoms with van der Waals surface area (Å²) >= 11 is 0. The second-order valence-electron chi connectivity index (χ2n) is 4.77. The van der Waals surface area contributed by atoms with E-state index in [-0.39, 0.29) is 31.4 Å². The molecule has 1 heterocycles. The molecule has 0 amide bonds. The van der Waals surface area contributed by atoms with E-state index in [9.17, 15) is 14.2 Å². The van der Waals surface area contributed by atoms with Crippen LogP contribution in [0, 0.1) is 0 Å². The maximum Gasteiger partial charge on any atom is 0.336 e. The molecule has 7 nitrogen and oxygen atoms in total. The Hall–Kier alpha value is -1.95. The average Bonchev–Trinajstić information content (AvgIpc) is 2.43. The van der Waals surface area contributed by atoms with E-state index in [1.165, 1.54) is 6.07 Å². The largest absolute Gasteiger partial charge is 0.486 e. The van der Waals surface area contributed by atoms with Crippen molar-refractivity contribution in [3.8, 4) is 5.75 Å². The lowest BCUT2D eigenvalue weighted by Crippen LogP contribution is -2.11. The average molecular weight is 326 g/mol. The standard InChI is InChI=1S/C14H15O7P/c15-11(2-1-7-22(17,18)19)9-20-12-4-5-13-10(8-12)3-6-14(16)21-13/h3-6,8H,1-2,7,9H2,(H2,17,18,19). The van der Waals surface area contributed by atoms with Crippen molar-refractivity contribution < 1.29 is 28.3 Å². The van der Waals surface area contributed by atoms with Crippen molar-refractivity contribution in [1.82, 2.24) is 0 Å². The van der Waals surface area contributed by atoms with Crippen molar-refractivity contribution in [3.63, 3.8) is 0 Å². The van der Waals surface area contributed by atoms with Gasteiger partial charge in [-0.2, -0.15) is 0 Å². The van der Waals surface area contributed by atoms with Gasteiger partial charge < -0.3 is 18.9 Å². The quantitative estimate of drug-likeness (QED) is 0.588. The fourth-order valence-corrected chi connectivity index (χ4v) is 2.43. The first kappa shape index (κ1) is 16.4. The number of ketones is 1. The molecule has 0 spiro atoms. The van der Waals surface area contributed by atoms with Gasteiger partial charge in [0.2, 0.25) is 0 Å². The van der Waals surface area contributed by atoms with E-state index in [0.717, 1.165) is 0 Å². The molecule has 2 N–H and O–H groups in total. The lowest BCUT2D eigenvalue weighted by molar-refractivity contribution is -0.121. The number of hydrogen-bond donors (Lipinski definition) is 2. The van der Waals surface area contributed by atoms with E-state index in [2.05, 4.69) is 0 Å². The summed E-state index contributed by atoms with van der Waals surface area (Å²) < 4.78 is 21.0. The summed E-state index contributed by atoms with van der Waals surface area (Å²) in [4.78, 5) is 40.0. The normalized spacial score (nSPS) is 11.5. The van der Waals surface area contributed by atoms with Crippen LogP contribution in [0.2, 0.25) is 0 Å². The fraction of sp³-hybridized carbons (Fsp3) is 0.286. The van der Waals surface area contributed by atoms with Crippen LogP contribution in [0.4, 0.5) is 0 Å². The Labute approximate surface area is 125 Å². The maximum atomic E-state index is 11.6. The summed E-state index contributed by atoms with van der Waals surface area (Å²) in [5, 5.41) is 0.672. The third-order valence-corrected chi connectivity index (χ3v) is 3.79. The SMILES string of the molecule is O=C(CCCP(=O)(O)O)COc1ccc2oc(=O)ccc2c1. The molecule has 0 aliphatic heterocycles. The molecule has 0 fully saturated rings. The molecule has 0 aliphatic rings. The minimum Gasteiger partial charge on any atom is -0.486 e. The van der Waals surface area contributed by atoms with Crippen LogP contribution in [0.3, 0.4) is 0 Å². The van der Waals surface area contributed by atoms with Crippen LogP contribution in [0.25, 0.3) is 11.0 Å². The molecule has 0 saturated heterocycles. The minimum atomic E-state index is -4.06. The molecule has 0 radical (unpaired) electrons. The van der Waals surface area contributed by atoms with Gasteiger partial charge >= 0.3 is 13.2 Å². The van der Waals surface area contributed by atoms with E-state index in [1.807, 2.05) is 0 Å². The summed E-state index contributed by atoms with van der Waals surface area (Å²) in [5.41, 5.74) is -0.0192. The van der Waals surface area contributed by atoms with Gasteiger partial charge in [0.05, 0.1) is 6.16 Å². The first-order chi connectivity index (χ1) is 10.3. The minimum absolute atomic E-state index is 0.0492. The highest BCUT2D eigenvalue weighted by molar-refractivity contribution is 7.51. The van der Waals surface area contributed by atoms with Crippen LogP contribution in [0.15, 0.2) is 39.5 Å². The molecular weight excluding hydrogens is 311 g/mol. The van der Waals surface area contributed by atoms with Gasteiger partial charge in [-0.1, -0.05) is 0 Å². The summed E-state index contributed by atoms with van der Waals surface area (Å²) in [5.74, 6) is 0.206. The Kier molecular flexibility index (Phi) is 5.13. The lowest BCUT2D eigenvalue weighted by Gasteiger charge is -2.07.